The van der Waals surface area contributed by atoms with Crippen LogP contribution in [0.3, 0.4) is 0 Å². The normalized spacial score (nSPS) is 12.8. The van der Waals surface area contributed by atoms with Crippen molar-refractivity contribution < 1.29 is 4.12 Å². The Balaban J connectivity index is 3.00. The maximum Gasteiger partial charge on any atom is 0.220 e. The first kappa shape index (κ1) is 9.44. The maximum atomic E-state index is 5.53. The van der Waals surface area contributed by atoms with Crippen molar-refractivity contribution in [1.29, 1.82) is 0 Å². The molecule has 0 saturated heterocycles. The van der Waals surface area contributed by atoms with Crippen molar-refractivity contribution in [3.05, 3.63) is 42.1 Å². The van der Waals surface area contributed by atoms with E-state index in [1.165, 1.54) is 10.8 Å². The topological polar surface area (TPSA) is 9.23 Å². The number of hydrogen-bond acceptors (Lipinski definition) is 1. The van der Waals surface area contributed by atoms with Gasteiger partial charge in [-0.25, -0.2) is 0 Å². The first-order valence-corrected chi connectivity index (χ1v) is 6.53. The molecule has 0 aromatic heterocycles. The predicted molar refractivity (Wildman–Crippen MR) is 59.2 cm³/mol. The molecule has 0 bridgehead atoms. The van der Waals surface area contributed by atoms with Crippen molar-refractivity contribution >= 4 is 24.7 Å². The van der Waals surface area contributed by atoms with Gasteiger partial charge < -0.3 is 4.12 Å². The minimum atomic E-state index is -1.26. The predicted octanol–water partition coefficient (Wildman–Crippen LogP) is -0.0520. The lowest BCUT2D eigenvalue weighted by Gasteiger charge is -2.11. The summed E-state index contributed by atoms with van der Waals surface area (Å²) < 4.78 is 5.53. The Labute approximate surface area is 78.3 Å². The second-order valence-electron chi connectivity index (χ2n) is 2.75. The highest BCUT2D eigenvalue weighted by molar-refractivity contribution is 6.74. The van der Waals surface area contributed by atoms with Crippen molar-refractivity contribution in [3.8, 4) is 0 Å². The van der Waals surface area contributed by atoms with Crippen LogP contribution >= 0.6 is 0 Å². The highest BCUT2D eigenvalue weighted by Gasteiger charge is 2.09. The van der Waals surface area contributed by atoms with Gasteiger partial charge in [0.15, 0.2) is 0 Å². The minimum Gasteiger partial charge on any atom is -0.460 e. The van der Waals surface area contributed by atoms with Gasteiger partial charge in [-0.15, -0.1) is 6.58 Å². The van der Waals surface area contributed by atoms with Crippen molar-refractivity contribution in [1.82, 2.24) is 0 Å². The largest absolute Gasteiger partial charge is 0.460 e. The number of rotatable bonds is 3. The van der Waals surface area contributed by atoms with Gasteiger partial charge in [-0.1, -0.05) is 30.0 Å². The van der Waals surface area contributed by atoms with Crippen LogP contribution in [-0.4, -0.2) is 19.5 Å². The molecule has 1 aromatic carbocycles. The lowest BCUT2D eigenvalue weighted by molar-refractivity contribution is 0.660. The Bertz CT molecular complexity index is 273. The van der Waals surface area contributed by atoms with Crippen LogP contribution in [0.5, 0.6) is 0 Å². The molecule has 12 heavy (non-hydrogen) atoms. The molecule has 1 aromatic rings. The maximum absolute atomic E-state index is 5.53. The fourth-order valence-electron chi connectivity index (χ4n) is 1.26. The Hall–Kier alpha value is -0.646. The fraction of sp³-hybridized carbons (Fsp3) is 0.111. The van der Waals surface area contributed by atoms with E-state index >= 15 is 0 Å². The van der Waals surface area contributed by atoms with Crippen molar-refractivity contribution in [3.63, 3.8) is 0 Å². The molecular formula is C9H14OSi2. The van der Waals surface area contributed by atoms with Gasteiger partial charge in [-0.3, -0.25) is 0 Å². The van der Waals surface area contributed by atoms with Gasteiger partial charge in [0.1, 0.15) is 10.5 Å². The smallest absolute Gasteiger partial charge is 0.220 e. The van der Waals surface area contributed by atoms with Gasteiger partial charge in [-0.05, 0) is 17.7 Å². The van der Waals surface area contributed by atoms with E-state index in [4.69, 9.17) is 4.12 Å². The molecule has 0 aliphatic rings. The molecule has 1 rings (SSSR count). The summed E-state index contributed by atoms with van der Waals surface area (Å²) in [4.78, 5) is 0. The Morgan fingerprint density at radius 3 is 2.67 bits per heavy atom. The van der Waals surface area contributed by atoms with Crippen molar-refractivity contribution in [2.24, 2.45) is 0 Å². The van der Waals surface area contributed by atoms with E-state index in [0.717, 1.165) is 10.5 Å². The van der Waals surface area contributed by atoms with E-state index in [2.05, 4.69) is 37.8 Å². The summed E-state index contributed by atoms with van der Waals surface area (Å²) in [5, 5.41) is 1.36. The minimum absolute atomic E-state index is 0.805. The Morgan fingerprint density at radius 2 is 2.17 bits per heavy atom. The van der Waals surface area contributed by atoms with E-state index in [-0.39, 0.29) is 0 Å². The van der Waals surface area contributed by atoms with Crippen LogP contribution in [0, 0.1) is 6.92 Å². The lowest BCUT2D eigenvalue weighted by atomic mass is 10.2. The zero-order chi connectivity index (χ0) is 8.97. The van der Waals surface area contributed by atoms with Gasteiger partial charge in [0.2, 0.25) is 9.04 Å². The molecule has 0 aliphatic carbocycles. The van der Waals surface area contributed by atoms with E-state index in [9.17, 15) is 0 Å². The van der Waals surface area contributed by atoms with Crippen molar-refractivity contribution in [2.45, 2.75) is 6.92 Å². The molecule has 0 spiro atoms. The molecule has 1 atom stereocenters. The Kier molecular flexibility index (Phi) is 3.46. The van der Waals surface area contributed by atoms with Crippen molar-refractivity contribution in [2.75, 3.05) is 0 Å². The molecular weight excluding hydrogens is 180 g/mol. The molecule has 0 radical (unpaired) electrons. The van der Waals surface area contributed by atoms with Crippen LogP contribution in [0.4, 0.5) is 0 Å². The Morgan fingerprint density at radius 1 is 1.50 bits per heavy atom. The van der Waals surface area contributed by atoms with Crippen LogP contribution in [0.1, 0.15) is 5.56 Å². The van der Waals surface area contributed by atoms with E-state index in [1.54, 1.807) is 0 Å². The third-order valence-corrected chi connectivity index (χ3v) is 5.68. The van der Waals surface area contributed by atoms with Gasteiger partial charge in [0, 0.05) is 0 Å². The first-order chi connectivity index (χ1) is 5.79. The molecule has 0 aliphatic heterocycles. The average Bonchev–Trinajstić information content (AvgIpc) is 2.10. The lowest BCUT2D eigenvalue weighted by Crippen LogP contribution is -2.32. The third kappa shape index (κ3) is 1.94. The SMILES string of the molecule is C=C[SiH](O[SiH3])c1ccccc1C. The van der Waals surface area contributed by atoms with E-state index < -0.39 is 9.04 Å². The van der Waals surface area contributed by atoms with Gasteiger partial charge in [-0.2, -0.15) is 0 Å². The summed E-state index contributed by atoms with van der Waals surface area (Å²) in [5.41, 5.74) is 3.31. The monoisotopic (exact) mass is 194 g/mol. The number of aryl methyl sites for hydroxylation is 1. The van der Waals surface area contributed by atoms with Crippen LogP contribution in [0.2, 0.25) is 0 Å². The summed E-state index contributed by atoms with van der Waals surface area (Å²) >= 11 is 0. The average molecular weight is 194 g/mol. The molecule has 0 saturated carbocycles. The van der Waals surface area contributed by atoms with Gasteiger partial charge >= 0.3 is 0 Å². The molecule has 0 heterocycles. The quantitative estimate of drug-likeness (QED) is 0.613. The third-order valence-electron chi connectivity index (χ3n) is 1.96. The molecule has 64 valence electrons. The van der Waals surface area contributed by atoms with Gasteiger partial charge in [0.25, 0.3) is 0 Å². The van der Waals surface area contributed by atoms with Crippen LogP contribution in [-0.2, 0) is 4.12 Å². The highest BCUT2D eigenvalue weighted by Crippen LogP contribution is 1.96. The standard InChI is InChI=1S/C9H14OSi2/c1-3-12(10-11)9-7-5-4-6-8(9)2/h3-7,12H,1H2,2,11H3. The van der Waals surface area contributed by atoms with Crippen LogP contribution < -0.4 is 5.19 Å². The van der Waals surface area contributed by atoms with E-state index in [1.807, 2.05) is 5.70 Å². The highest BCUT2D eigenvalue weighted by atomic mass is 28.3. The number of hydrogen-bond donors (Lipinski definition) is 0. The molecule has 1 unspecified atom stereocenters. The summed E-state index contributed by atoms with van der Waals surface area (Å²) in [6.45, 7) is 5.93. The summed E-state index contributed by atoms with van der Waals surface area (Å²) in [6.07, 6.45) is 0. The number of benzene rings is 1. The second kappa shape index (κ2) is 4.40. The second-order valence-corrected chi connectivity index (χ2v) is 6.57. The molecule has 0 amide bonds. The van der Waals surface area contributed by atoms with Gasteiger partial charge in [0.05, 0.1) is 0 Å². The molecule has 3 heteroatoms. The summed E-state index contributed by atoms with van der Waals surface area (Å²) in [7, 11) is -0.459. The molecule has 1 nitrogen and oxygen atoms in total. The summed E-state index contributed by atoms with van der Waals surface area (Å²) in [6, 6.07) is 8.39. The summed E-state index contributed by atoms with van der Waals surface area (Å²) in [5.74, 6) is 0. The van der Waals surface area contributed by atoms with Crippen LogP contribution in [0.15, 0.2) is 36.5 Å². The van der Waals surface area contributed by atoms with Crippen LogP contribution in [0.25, 0.3) is 0 Å². The fourth-order valence-corrected chi connectivity index (χ4v) is 4.14. The molecule has 0 N–H and O–H groups in total. The zero-order valence-corrected chi connectivity index (χ0v) is 10.7. The molecule has 0 fully saturated rings. The van der Waals surface area contributed by atoms with E-state index in [0.29, 0.717) is 0 Å². The zero-order valence-electron chi connectivity index (χ0n) is 7.58. The first-order valence-electron chi connectivity index (χ1n) is 4.00.